The van der Waals surface area contributed by atoms with Crippen LogP contribution in [0.15, 0.2) is 0 Å². The van der Waals surface area contributed by atoms with Crippen molar-refractivity contribution in [2.75, 3.05) is 19.6 Å². The van der Waals surface area contributed by atoms with Gasteiger partial charge in [0.1, 0.15) is 6.04 Å². The largest absolute Gasteiger partial charge is 0.391 e. The summed E-state index contributed by atoms with van der Waals surface area (Å²) in [7, 11) is 0. The molecular weight excluding hydrogens is 360 g/mol. The minimum Gasteiger partial charge on any atom is -0.391 e. The van der Waals surface area contributed by atoms with Gasteiger partial charge in [0.2, 0.25) is 11.8 Å². The summed E-state index contributed by atoms with van der Waals surface area (Å²) < 4.78 is 0. The zero-order chi connectivity index (χ0) is 20.7. The highest BCUT2D eigenvalue weighted by Crippen LogP contribution is 2.34. The van der Waals surface area contributed by atoms with E-state index in [0.717, 1.165) is 13.0 Å². The molecule has 2 aliphatic rings. The van der Waals surface area contributed by atoms with Gasteiger partial charge in [0, 0.05) is 13.1 Å². The third-order valence-corrected chi connectivity index (χ3v) is 6.18. The molecule has 1 saturated heterocycles. The van der Waals surface area contributed by atoms with Gasteiger partial charge in [-0.2, -0.15) is 0 Å². The maximum atomic E-state index is 12.8. The zero-order valence-corrected chi connectivity index (χ0v) is 17.1. The summed E-state index contributed by atoms with van der Waals surface area (Å²) in [4.78, 5) is 36.8. The SMILES string of the molecule is CC(=O)[C@H](CN)NC(=O)[C@@H](NC(=O)[C@@H]1CNC[C@H](C2CCCCC2)C1)[C@H](C)O. The van der Waals surface area contributed by atoms with Crippen molar-refractivity contribution in [3.8, 4) is 0 Å². The molecule has 160 valence electrons. The Morgan fingerprint density at radius 2 is 1.79 bits per heavy atom. The fraction of sp³-hybridized carbons (Fsp3) is 0.850. The van der Waals surface area contributed by atoms with E-state index in [-0.39, 0.29) is 24.2 Å². The van der Waals surface area contributed by atoms with Gasteiger partial charge in [-0.15, -0.1) is 0 Å². The lowest BCUT2D eigenvalue weighted by Crippen LogP contribution is -2.58. The van der Waals surface area contributed by atoms with Gasteiger partial charge in [-0.25, -0.2) is 0 Å². The van der Waals surface area contributed by atoms with E-state index in [0.29, 0.717) is 18.4 Å². The van der Waals surface area contributed by atoms with Crippen LogP contribution in [0.2, 0.25) is 0 Å². The number of hydrogen-bond donors (Lipinski definition) is 5. The van der Waals surface area contributed by atoms with Crippen LogP contribution in [0.5, 0.6) is 0 Å². The van der Waals surface area contributed by atoms with E-state index < -0.39 is 24.1 Å². The molecule has 0 spiro atoms. The van der Waals surface area contributed by atoms with Crippen LogP contribution in [-0.4, -0.2) is 60.5 Å². The molecule has 1 heterocycles. The normalized spacial score (nSPS) is 26.7. The summed E-state index contributed by atoms with van der Waals surface area (Å²) in [6.45, 7) is 4.26. The quantitative estimate of drug-likeness (QED) is 0.382. The molecule has 1 saturated carbocycles. The van der Waals surface area contributed by atoms with Gasteiger partial charge in [-0.05, 0) is 38.6 Å². The van der Waals surface area contributed by atoms with Crippen LogP contribution in [0.4, 0.5) is 0 Å². The highest BCUT2D eigenvalue weighted by molar-refractivity contribution is 5.92. The van der Waals surface area contributed by atoms with Gasteiger partial charge in [0.25, 0.3) is 0 Å². The standard InChI is InChI=1S/C20H36N4O4/c1-12(25)17(9-21)23-20(28)18(13(2)26)24-19(27)16-8-15(10-22-11-16)14-6-4-3-5-7-14/h13-18,22,26H,3-11,21H2,1-2H3,(H,23,28)(H,24,27)/t13-,15+,16-,17-,18-/m0/s1. The molecule has 8 heteroatoms. The first-order valence-corrected chi connectivity index (χ1v) is 10.5. The van der Waals surface area contributed by atoms with E-state index in [4.69, 9.17) is 5.73 Å². The van der Waals surface area contributed by atoms with E-state index in [9.17, 15) is 19.5 Å². The molecule has 0 unspecified atom stereocenters. The summed E-state index contributed by atoms with van der Waals surface area (Å²) in [5.41, 5.74) is 5.51. The minimum atomic E-state index is -1.11. The number of nitrogens with two attached hydrogens (primary N) is 1. The van der Waals surface area contributed by atoms with E-state index in [1.165, 1.54) is 46.0 Å². The Balaban J connectivity index is 1.95. The van der Waals surface area contributed by atoms with Crippen LogP contribution < -0.4 is 21.7 Å². The summed E-state index contributed by atoms with van der Waals surface area (Å²) in [5, 5.41) is 18.6. The van der Waals surface area contributed by atoms with Gasteiger partial charge in [0.15, 0.2) is 5.78 Å². The van der Waals surface area contributed by atoms with E-state index >= 15 is 0 Å². The molecule has 0 bridgehead atoms. The predicted molar refractivity (Wildman–Crippen MR) is 106 cm³/mol. The molecule has 0 aromatic rings. The Morgan fingerprint density at radius 3 is 2.36 bits per heavy atom. The second-order valence-electron chi connectivity index (χ2n) is 8.38. The van der Waals surface area contributed by atoms with Crippen LogP contribution in [0.3, 0.4) is 0 Å². The number of amides is 2. The highest BCUT2D eigenvalue weighted by atomic mass is 16.3. The van der Waals surface area contributed by atoms with Gasteiger partial charge in [-0.3, -0.25) is 14.4 Å². The number of rotatable bonds is 8. The van der Waals surface area contributed by atoms with Crippen molar-refractivity contribution in [2.45, 2.75) is 70.6 Å². The summed E-state index contributed by atoms with van der Waals surface area (Å²) >= 11 is 0. The van der Waals surface area contributed by atoms with Gasteiger partial charge in [-0.1, -0.05) is 32.1 Å². The van der Waals surface area contributed by atoms with Crippen molar-refractivity contribution in [3.05, 3.63) is 0 Å². The fourth-order valence-corrected chi connectivity index (χ4v) is 4.40. The van der Waals surface area contributed by atoms with Gasteiger partial charge >= 0.3 is 0 Å². The van der Waals surface area contributed by atoms with Crippen molar-refractivity contribution in [1.29, 1.82) is 0 Å². The zero-order valence-electron chi connectivity index (χ0n) is 17.1. The molecule has 8 nitrogen and oxygen atoms in total. The summed E-state index contributed by atoms with van der Waals surface area (Å²) in [6, 6.07) is -1.94. The van der Waals surface area contributed by atoms with E-state index in [1.54, 1.807) is 0 Å². The Hall–Kier alpha value is -1.51. The molecule has 1 aliphatic heterocycles. The number of nitrogens with one attached hydrogen (secondary N) is 3. The first kappa shape index (κ1) is 22.8. The topological polar surface area (TPSA) is 134 Å². The number of hydrogen-bond acceptors (Lipinski definition) is 6. The molecular formula is C20H36N4O4. The number of ketones is 1. The van der Waals surface area contributed by atoms with Crippen LogP contribution >= 0.6 is 0 Å². The molecule has 2 rings (SSSR count). The third kappa shape index (κ3) is 6.25. The number of aliphatic hydroxyl groups excluding tert-OH is 1. The predicted octanol–water partition coefficient (Wildman–Crippen LogP) is -0.309. The molecule has 0 aromatic carbocycles. The van der Waals surface area contributed by atoms with Crippen LogP contribution in [0.25, 0.3) is 0 Å². The monoisotopic (exact) mass is 396 g/mol. The van der Waals surface area contributed by atoms with Crippen molar-refractivity contribution in [2.24, 2.45) is 23.5 Å². The van der Waals surface area contributed by atoms with Gasteiger partial charge in [0.05, 0.1) is 18.1 Å². The molecule has 2 amide bonds. The molecule has 0 aromatic heterocycles. The average molecular weight is 397 g/mol. The number of aliphatic hydroxyl groups is 1. The molecule has 5 atom stereocenters. The Morgan fingerprint density at radius 1 is 1.11 bits per heavy atom. The Kier molecular flexibility index (Phi) is 8.85. The lowest BCUT2D eigenvalue weighted by atomic mass is 9.74. The molecule has 28 heavy (non-hydrogen) atoms. The van der Waals surface area contributed by atoms with E-state index in [1.807, 2.05) is 0 Å². The lowest BCUT2D eigenvalue weighted by molar-refractivity contribution is -0.135. The minimum absolute atomic E-state index is 0.0306. The first-order valence-electron chi connectivity index (χ1n) is 10.5. The highest BCUT2D eigenvalue weighted by Gasteiger charge is 2.35. The second kappa shape index (κ2) is 10.9. The summed E-state index contributed by atoms with van der Waals surface area (Å²) in [5.74, 6) is -0.189. The van der Waals surface area contributed by atoms with E-state index in [2.05, 4.69) is 16.0 Å². The molecule has 0 radical (unpaired) electrons. The number of piperidine rings is 1. The average Bonchev–Trinajstić information content (AvgIpc) is 2.70. The maximum absolute atomic E-state index is 12.8. The fourth-order valence-electron chi connectivity index (χ4n) is 4.40. The first-order chi connectivity index (χ1) is 13.3. The Bertz CT molecular complexity index is 548. The van der Waals surface area contributed by atoms with Crippen molar-refractivity contribution in [3.63, 3.8) is 0 Å². The number of Topliss-reactive ketones (excluding diaryl/α,β-unsaturated/α-hetero) is 1. The van der Waals surface area contributed by atoms with Gasteiger partial charge < -0.3 is 26.8 Å². The van der Waals surface area contributed by atoms with Crippen LogP contribution in [0, 0.1) is 17.8 Å². The second-order valence-corrected chi connectivity index (χ2v) is 8.38. The van der Waals surface area contributed by atoms with Crippen LogP contribution in [0.1, 0.15) is 52.4 Å². The smallest absolute Gasteiger partial charge is 0.245 e. The van der Waals surface area contributed by atoms with Crippen molar-refractivity contribution >= 4 is 17.6 Å². The molecule has 1 aliphatic carbocycles. The summed E-state index contributed by atoms with van der Waals surface area (Å²) in [6.07, 6.45) is 6.00. The molecule has 6 N–H and O–H groups in total. The third-order valence-electron chi connectivity index (χ3n) is 6.18. The number of carbonyl (C=O) groups excluding carboxylic acids is 3. The maximum Gasteiger partial charge on any atom is 0.245 e. The lowest BCUT2D eigenvalue weighted by Gasteiger charge is -2.37. The van der Waals surface area contributed by atoms with Crippen LogP contribution in [-0.2, 0) is 14.4 Å². The number of carbonyl (C=O) groups is 3. The molecule has 2 fully saturated rings. The Labute approximate surface area is 167 Å². The van der Waals surface area contributed by atoms with Crippen molar-refractivity contribution in [1.82, 2.24) is 16.0 Å². The van der Waals surface area contributed by atoms with Crippen molar-refractivity contribution < 1.29 is 19.5 Å².